The van der Waals surface area contributed by atoms with Gasteiger partial charge in [0.15, 0.2) is 5.76 Å². The van der Waals surface area contributed by atoms with E-state index in [2.05, 4.69) is 10.5 Å². The van der Waals surface area contributed by atoms with Crippen LogP contribution in [0.3, 0.4) is 0 Å². The van der Waals surface area contributed by atoms with E-state index in [4.69, 9.17) is 4.42 Å². The molecule has 2 heterocycles. The Balaban J connectivity index is 1.67. The molecule has 1 amide bonds. The Morgan fingerprint density at radius 2 is 1.56 bits per heavy atom. The van der Waals surface area contributed by atoms with Crippen molar-refractivity contribution in [3.05, 3.63) is 131 Å². The van der Waals surface area contributed by atoms with Crippen molar-refractivity contribution in [3.8, 4) is 28.2 Å². The van der Waals surface area contributed by atoms with Crippen molar-refractivity contribution in [2.45, 2.75) is 0 Å². The first-order valence-corrected chi connectivity index (χ1v) is 11.1. The van der Waals surface area contributed by atoms with Gasteiger partial charge in [-0.05, 0) is 41.5 Å². The van der Waals surface area contributed by atoms with Gasteiger partial charge in [0, 0.05) is 23.4 Å². The number of hydrazone groups is 1. The van der Waals surface area contributed by atoms with Crippen LogP contribution in [-0.4, -0.2) is 21.6 Å². The second-order valence-corrected chi connectivity index (χ2v) is 7.85. The number of benzene rings is 3. The van der Waals surface area contributed by atoms with E-state index >= 15 is 0 Å². The highest BCUT2D eigenvalue weighted by Gasteiger charge is 2.19. The predicted molar refractivity (Wildman–Crippen MR) is 137 cm³/mol. The fourth-order valence-corrected chi connectivity index (χ4v) is 3.96. The van der Waals surface area contributed by atoms with Gasteiger partial charge in [0.05, 0.1) is 28.8 Å². The molecule has 0 bridgehead atoms. The average Bonchev–Trinajstić information content (AvgIpc) is 3.59. The zero-order chi connectivity index (χ0) is 24.9. The molecule has 8 nitrogen and oxygen atoms in total. The number of rotatable bonds is 7. The van der Waals surface area contributed by atoms with Gasteiger partial charge in [0.2, 0.25) is 0 Å². The van der Waals surface area contributed by atoms with Gasteiger partial charge in [0.25, 0.3) is 5.69 Å². The molecule has 1 N–H and O–H groups in total. The predicted octanol–water partition coefficient (Wildman–Crippen LogP) is 6.08. The van der Waals surface area contributed by atoms with Crippen LogP contribution < -0.4 is 5.43 Å². The summed E-state index contributed by atoms with van der Waals surface area (Å²) in [7, 11) is 0. The van der Waals surface area contributed by atoms with Crippen LogP contribution in [0.5, 0.6) is 0 Å². The summed E-state index contributed by atoms with van der Waals surface area (Å²) in [5.41, 5.74) is 7.55. The molecule has 0 atom stereocenters. The summed E-state index contributed by atoms with van der Waals surface area (Å²) in [4.78, 5) is 23.1. The molecule has 5 aromatic rings. The molecular weight excluding hydrogens is 456 g/mol. The van der Waals surface area contributed by atoms with Crippen LogP contribution in [0, 0.1) is 10.1 Å². The molecule has 0 aliphatic heterocycles. The molecular formula is C28H20N4O4. The van der Waals surface area contributed by atoms with Crippen molar-refractivity contribution in [1.82, 2.24) is 9.99 Å². The lowest BCUT2D eigenvalue weighted by atomic mass is 10.1. The van der Waals surface area contributed by atoms with Gasteiger partial charge in [-0.1, -0.05) is 60.7 Å². The highest BCUT2D eigenvalue weighted by atomic mass is 16.6. The van der Waals surface area contributed by atoms with Gasteiger partial charge < -0.3 is 8.98 Å². The SMILES string of the molecule is O=C(N/N=C/c1cc(-c2ccccc2)n(-c2ccc([N+](=O)[O-])cc2)c1-c1ccccc1)c1ccco1. The van der Waals surface area contributed by atoms with Gasteiger partial charge in [-0.2, -0.15) is 5.10 Å². The van der Waals surface area contributed by atoms with Crippen molar-refractivity contribution in [2.24, 2.45) is 5.10 Å². The lowest BCUT2D eigenvalue weighted by molar-refractivity contribution is -0.384. The number of aromatic nitrogens is 1. The third-order valence-corrected chi connectivity index (χ3v) is 5.58. The van der Waals surface area contributed by atoms with Crippen LogP contribution in [0.15, 0.2) is 119 Å². The molecule has 176 valence electrons. The quantitative estimate of drug-likeness (QED) is 0.175. The summed E-state index contributed by atoms with van der Waals surface area (Å²) in [5.74, 6) is -0.306. The lowest BCUT2D eigenvalue weighted by Crippen LogP contribution is -2.16. The zero-order valence-corrected chi connectivity index (χ0v) is 18.9. The number of non-ortho nitro benzene ring substituents is 1. The number of amides is 1. The first-order valence-electron chi connectivity index (χ1n) is 11.1. The van der Waals surface area contributed by atoms with E-state index in [1.54, 1.807) is 30.5 Å². The number of nitro benzene ring substituents is 1. The topological polar surface area (TPSA) is 103 Å². The maximum atomic E-state index is 12.3. The number of nitrogens with one attached hydrogen (secondary N) is 1. The lowest BCUT2D eigenvalue weighted by Gasteiger charge is -2.15. The highest BCUT2D eigenvalue weighted by Crippen LogP contribution is 2.35. The molecule has 0 spiro atoms. The van der Waals surface area contributed by atoms with E-state index in [1.807, 2.05) is 71.3 Å². The maximum Gasteiger partial charge on any atom is 0.307 e. The van der Waals surface area contributed by atoms with Gasteiger partial charge in [-0.25, -0.2) is 5.43 Å². The summed E-state index contributed by atoms with van der Waals surface area (Å²) in [5, 5.41) is 15.4. The molecule has 5 rings (SSSR count). The van der Waals surface area contributed by atoms with E-state index in [0.717, 1.165) is 33.8 Å². The van der Waals surface area contributed by atoms with Gasteiger partial charge >= 0.3 is 5.91 Å². The zero-order valence-electron chi connectivity index (χ0n) is 18.9. The Hall–Kier alpha value is -5.24. The van der Waals surface area contributed by atoms with Crippen molar-refractivity contribution in [1.29, 1.82) is 0 Å². The number of carbonyl (C=O) groups is 1. The monoisotopic (exact) mass is 476 g/mol. The average molecular weight is 476 g/mol. The molecule has 8 heteroatoms. The smallest absolute Gasteiger partial charge is 0.307 e. The third-order valence-electron chi connectivity index (χ3n) is 5.58. The molecule has 0 saturated heterocycles. The van der Waals surface area contributed by atoms with E-state index < -0.39 is 10.8 Å². The largest absolute Gasteiger partial charge is 0.459 e. The summed E-state index contributed by atoms with van der Waals surface area (Å²) >= 11 is 0. The van der Waals surface area contributed by atoms with Crippen molar-refractivity contribution >= 4 is 17.8 Å². The Labute approximate surface area is 206 Å². The second kappa shape index (κ2) is 9.94. The third kappa shape index (κ3) is 4.55. The molecule has 0 aliphatic rings. The Morgan fingerprint density at radius 1 is 0.889 bits per heavy atom. The summed E-state index contributed by atoms with van der Waals surface area (Å²) in [6.07, 6.45) is 3.00. The molecule has 36 heavy (non-hydrogen) atoms. The summed E-state index contributed by atoms with van der Waals surface area (Å²) < 4.78 is 7.15. The van der Waals surface area contributed by atoms with Crippen LogP contribution in [0.25, 0.3) is 28.2 Å². The van der Waals surface area contributed by atoms with E-state index in [-0.39, 0.29) is 11.4 Å². The van der Waals surface area contributed by atoms with Crippen LogP contribution in [0.4, 0.5) is 5.69 Å². The van der Waals surface area contributed by atoms with Crippen LogP contribution in [-0.2, 0) is 0 Å². The first-order chi connectivity index (χ1) is 17.6. The minimum absolute atomic E-state index is 0.0100. The molecule has 0 aliphatic carbocycles. The Kier molecular flexibility index (Phi) is 6.23. The van der Waals surface area contributed by atoms with E-state index in [1.165, 1.54) is 18.4 Å². The number of carbonyl (C=O) groups excluding carboxylic acids is 1. The van der Waals surface area contributed by atoms with Crippen molar-refractivity contribution in [2.75, 3.05) is 0 Å². The molecule has 0 radical (unpaired) electrons. The molecule has 3 aromatic carbocycles. The summed E-state index contributed by atoms with van der Waals surface area (Å²) in [6.45, 7) is 0. The first kappa shape index (κ1) is 22.5. The van der Waals surface area contributed by atoms with Crippen molar-refractivity contribution in [3.63, 3.8) is 0 Å². The standard InChI is InChI=1S/C28H20N4O4/c33-28(26-12-7-17-36-26)30-29-19-22-18-25(20-8-3-1-4-9-20)31(27(22)21-10-5-2-6-11-21)23-13-15-24(16-14-23)32(34)35/h1-19H,(H,30,33)/b29-19+. The van der Waals surface area contributed by atoms with Gasteiger partial charge in [-0.3, -0.25) is 14.9 Å². The maximum absolute atomic E-state index is 12.3. The molecule has 2 aromatic heterocycles. The summed E-state index contributed by atoms with van der Waals surface area (Å²) in [6, 6.07) is 31.1. The van der Waals surface area contributed by atoms with Gasteiger partial charge in [-0.15, -0.1) is 0 Å². The van der Waals surface area contributed by atoms with E-state index in [9.17, 15) is 14.9 Å². The minimum Gasteiger partial charge on any atom is -0.459 e. The number of nitrogens with zero attached hydrogens (tertiary/aromatic N) is 3. The van der Waals surface area contributed by atoms with Gasteiger partial charge in [0.1, 0.15) is 0 Å². The van der Waals surface area contributed by atoms with E-state index in [0.29, 0.717) is 0 Å². The highest BCUT2D eigenvalue weighted by molar-refractivity contribution is 5.95. The molecule has 0 unspecified atom stereocenters. The molecule has 0 fully saturated rings. The number of hydrogen-bond acceptors (Lipinski definition) is 5. The Bertz CT molecular complexity index is 1520. The molecule has 0 saturated carbocycles. The second-order valence-electron chi connectivity index (χ2n) is 7.85. The van der Waals surface area contributed by atoms with Crippen molar-refractivity contribution < 1.29 is 14.1 Å². The fraction of sp³-hybridized carbons (Fsp3) is 0. The number of furan rings is 1. The van der Waals surface area contributed by atoms with Crippen LogP contribution >= 0.6 is 0 Å². The normalized spacial score (nSPS) is 11.0. The number of hydrogen-bond donors (Lipinski definition) is 1. The fourth-order valence-electron chi connectivity index (χ4n) is 3.96. The minimum atomic E-state index is -0.462. The van der Waals surface area contributed by atoms with Crippen LogP contribution in [0.2, 0.25) is 0 Å². The Morgan fingerprint density at radius 3 is 2.17 bits per heavy atom. The number of nitro groups is 1. The van der Waals surface area contributed by atoms with Crippen LogP contribution in [0.1, 0.15) is 16.1 Å².